The summed E-state index contributed by atoms with van der Waals surface area (Å²) >= 11 is 3.16. The lowest BCUT2D eigenvalue weighted by Crippen LogP contribution is -2.25. The second kappa shape index (κ2) is 4.48. The maximum atomic E-state index is 11.7. The van der Waals surface area contributed by atoms with Crippen LogP contribution in [0.1, 0.15) is 12.0 Å². The minimum atomic E-state index is -0.447. The van der Waals surface area contributed by atoms with Crippen LogP contribution >= 0.6 is 15.9 Å². The molecule has 1 amide bonds. The number of halogens is 1. The lowest BCUT2D eigenvalue weighted by Gasteiger charge is -2.09. The highest BCUT2D eigenvalue weighted by molar-refractivity contribution is 9.10. The van der Waals surface area contributed by atoms with Gasteiger partial charge < -0.3 is 16.0 Å². The number of amides is 1. The average molecular weight is 274 g/mol. The number of nitrogens with zero attached hydrogens (tertiary/aromatic N) is 1. The summed E-state index contributed by atoms with van der Waals surface area (Å²) in [5, 5.41) is 0. The van der Waals surface area contributed by atoms with Gasteiger partial charge in [-0.05, 0) is 28.4 Å². The molecule has 0 saturated carbocycles. The summed E-state index contributed by atoms with van der Waals surface area (Å²) in [7, 11) is 0. The molecule has 0 bridgehead atoms. The maximum Gasteiger partial charge on any atom is 0.265 e. The number of carbonyl (C=O) groups excluding carboxylic acids is 1. The van der Waals surface area contributed by atoms with Crippen molar-refractivity contribution in [3.05, 3.63) is 26.6 Å². The predicted molar refractivity (Wildman–Crippen MR) is 61.4 cm³/mol. The fraction of sp³-hybridized carbons (Fsp3) is 0.333. The van der Waals surface area contributed by atoms with Gasteiger partial charge in [0.05, 0.1) is 10.2 Å². The summed E-state index contributed by atoms with van der Waals surface area (Å²) in [6, 6.07) is 0. The van der Waals surface area contributed by atoms with Crippen LogP contribution in [0, 0.1) is 6.92 Å². The number of hydrogen-bond acceptors (Lipinski definition) is 3. The van der Waals surface area contributed by atoms with E-state index in [9.17, 15) is 9.59 Å². The number of carbonyl (C=O) groups is 1. The fourth-order valence-corrected chi connectivity index (χ4v) is 1.59. The number of primary amides is 1. The van der Waals surface area contributed by atoms with Gasteiger partial charge in [0.2, 0.25) is 5.91 Å². The molecular weight excluding hydrogens is 262 g/mol. The van der Waals surface area contributed by atoms with Crippen molar-refractivity contribution in [1.82, 2.24) is 4.57 Å². The first-order chi connectivity index (χ1) is 6.93. The van der Waals surface area contributed by atoms with Crippen LogP contribution in [0.5, 0.6) is 0 Å². The number of aryl methyl sites for hydroxylation is 1. The van der Waals surface area contributed by atoms with Gasteiger partial charge >= 0.3 is 0 Å². The standard InChI is InChI=1S/C9H12BrN3O2/c1-5-6(11)4-13(3-2-7(12)14)9(15)8(5)10/h4H,2-3,11H2,1H3,(H2,12,14). The second-order valence-corrected chi connectivity index (χ2v) is 4.03. The SMILES string of the molecule is Cc1c(N)cn(CCC(N)=O)c(=O)c1Br. The van der Waals surface area contributed by atoms with Crippen molar-refractivity contribution in [3.8, 4) is 0 Å². The van der Waals surface area contributed by atoms with E-state index >= 15 is 0 Å². The van der Waals surface area contributed by atoms with Crippen molar-refractivity contribution >= 4 is 27.5 Å². The van der Waals surface area contributed by atoms with E-state index in [1.54, 1.807) is 6.92 Å². The van der Waals surface area contributed by atoms with E-state index in [1.165, 1.54) is 10.8 Å². The van der Waals surface area contributed by atoms with Crippen LogP contribution in [-0.4, -0.2) is 10.5 Å². The van der Waals surface area contributed by atoms with E-state index < -0.39 is 5.91 Å². The zero-order valence-corrected chi connectivity index (χ0v) is 9.87. The molecule has 15 heavy (non-hydrogen) atoms. The molecule has 5 nitrogen and oxygen atoms in total. The number of rotatable bonds is 3. The van der Waals surface area contributed by atoms with E-state index in [-0.39, 0.29) is 18.5 Å². The zero-order valence-electron chi connectivity index (χ0n) is 8.29. The molecule has 0 atom stereocenters. The Hall–Kier alpha value is -1.30. The topological polar surface area (TPSA) is 91.1 Å². The summed E-state index contributed by atoms with van der Waals surface area (Å²) in [5.41, 5.74) is 11.7. The Balaban J connectivity index is 3.10. The third-order valence-electron chi connectivity index (χ3n) is 2.10. The van der Waals surface area contributed by atoms with Crippen molar-refractivity contribution < 1.29 is 4.79 Å². The number of nitrogens with two attached hydrogens (primary N) is 2. The fourth-order valence-electron chi connectivity index (χ4n) is 1.13. The molecule has 0 spiro atoms. The summed E-state index contributed by atoms with van der Waals surface area (Å²) in [5.74, 6) is -0.447. The van der Waals surface area contributed by atoms with Crippen LogP contribution in [0.2, 0.25) is 0 Å². The minimum absolute atomic E-state index is 0.120. The smallest absolute Gasteiger partial charge is 0.265 e. The first kappa shape index (κ1) is 11.8. The molecule has 6 heteroatoms. The number of nitrogen functional groups attached to an aromatic ring is 1. The van der Waals surface area contributed by atoms with Gasteiger partial charge in [-0.3, -0.25) is 9.59 Å². The maximum absolute atomic E-state index is 11.7. The van der Waals surface area contributed by atoms with E-state index in [1.807, 2.05) is 0 Å². The zero-order chi connectivity index (χ0) is 11.6. The Kier molecular flexibility index (Phi) is 3.52. The molecule has 82 valence electrons. The second-order valence-electron chi connectivity index (χ2n) is 3.24. The summed E-state index contributed by atoms with van der Waals surface area (Å²) in [6.07, 6.45) is 1.64. The predicted octanol–water partition coefficient (Wildman–Crippen LogP) is 0.377. The van der Waals surface area contributed by atoms with E-state index in [4.69, 9.17) is 11.5 Å². The van der Waals surface area contributed by atoms with Crippen LogP contribution < -0.4 is 17.0 Å². The molecule has 0 saturated heterocycles. The highest BCUT2D eigenvalue weighted by Crippen LogP contribution is 2.16. The molecule has 1 aromatic heterocycles. The Morgan fingerprint density at radius 1 is 1.60 bits per heavy atom. The van der Waals surface area contributed by atoms with Crippen LogP contribution in [0.15, 0.2) is 15.5 Å². The lowest BCUT2D eigenvalue weighted by atomic mass is 10.2. The number of anilines is 1. The Morgan fingerprint density at radius 3 is 2.73 bits per heavy atom. The quantitative estimate of drug-likeness (QED) is 0.834. The van der Waals surface area contributed by atoms with Gasteiger partial charge in [0.25, 0.3) is 5.56 Å². The average Bonchev–Trinajstić information content (AvgIpc) is 2.18. The molecule has 4 N–H and O–H groups in total. The first-order valence-electron chi connectivity index (χ1n) is 4.36. The van der Waals surface area contributed by atoms with Crippen molar-refractivity contribution in [2.24, 2.45) is 5.73 Å². The van der Waals surface area contributed by atoms with Crippen LogP contribution in [0.4, 0.5) is 5.69 Å². The minimum Gasteiger partial charge on any atom is -0.397 e. The Labute approximate surface area is 95.2 Å². The molecule has 1 rings (SSSR count). The van der Waals surface area contributed by atoms with Gasteiger partial charge in [-0.25, -0.2) is 0 Å². The molecule has 0 aliphatic carbocycles. The third-order valence-corrected chi connectivity index (χ3v) is 3.04. The summed E-state index contributed by atoms with van der Waals surface area (Å²) in [6.45, 7) is 2.00. The van der Waals surface area contributed by atoms with E-state index in [0.717, 1.165) is 0 Å². The van der Waals surface area contributed by atoms with Gasteiger partial charge in [0.1, 0.15) is 0 Å². The molecular formula is C9H12BrN3O2. The number of pyridine rings is 1. The molecule has 0 aliphatic rings. The molecule has 0 fully saturated rings. The monoisotopic (exact) mass is 273 g/mol. The van der Waals surface area contributed by atoms with Crippen molar-refractivity contribution in [2.75, 3.05) is 5.73 Å². The van der Waals surface area contributed by atoms with Crippen LogP contribution in [0.25, 0.3) is 0 Å². The highest BCUT2D eigenvalue weighted by Gasteiger charge is 2.08. The van der Waals surface area contributed by atoms with Crippen molar-refractivity contribution in [3.63, 3.8) is 0 Å². The molecule has 0 unspecified atom stereocenters. The van der Waals surface area contributed by atoms with Crippen molar-refractivity contribution in [2.45, 2.75) is 19.9 Å². The first-order valence-corrected chi connectivity index (χ1v) is 5.16. The third kappa shape index (κ3) is 2.59. The largest absolute Gasteiger partial charge is 0.397 e. The molecule has 1 heterocycles. The van der Waals surface area contributed by atoms with Crippen molar-refractivity contribution in [1.29, 1.82) is 0 Å². The van der Waals surface area contributed by atoms with Crippen LogP contribution in [-0.2, 0) is 11.3 Å². The van der Waals surface area contributed by atoms with Gasteiger partial charge in [-0.15, -0.1) is 0 Å². The molecule has 0 aromatic carbocycles. The Morgan fingerprint density at radius 2 is 2.20 bits per heavy atom. The molecule has 1 aromatic rings. The van der Waals surface area contributed by atoms with Crippen LogP contribution in [0.3, 0.4) is 0 Å². The number of hydrogen-bond donors (Lipinski definition) is 2. The summed E-state index contributed by atoms with van der Waals surface area (Å²) < 4.78 is 1.80. The summed E-state index contributed by atoms with van der Waals surface area (Å²) in [4.78, 5) is 22.2. The van der Waals surface area contributed by atoms with E-state index in [0.29, 0.717) is 15.7 Å². The van der Waals surface area contributed by atoms with Gasteiger partial charge in [-0.2, -0.15) is 0 Å². The highest BCUT2D eigenvalue weighted by atomic mass is 79.9. The normalized spacial score (nSPS) is 10.3. The Bertz CT molecular complexity index is 453. The number of aromatic nitrogens is 1. The van der Waals surface area contributed by atoms with E-state index in [2.05, 4.69) is 15.9 Å². The molecule has 0 radical (unpaired) electrons. The van der Waals surface area contributed by atoms with Gasteiger partial charge in [0.15, 0.2) is 0 Å². The molecule has 0 aliphatic heterocycles. The lowest BCUT2D eigenvalue weighted by molar-refractivity contribution is -0.118. The van der Waals surface area contributed by atoms with Gasteiger partial charge in [0, 0.05) is 19.2 Å². The van der Waals surface area contributed by atoms with Gasteiger partial charge in [-0.1, -0.05) is 0 Å².